The Morgan fingerprint density at radius 3 is 1.60 bits per heavy atom. The maximum absolute atomic E-state index is 11.5. The highest BCUT2D eigenvalue weighted by molar-refractivity contribution is 5.73. The summed E-state index contributed by atoms with van der Waals surface area (Å²) in [5.41, 5.74) is 4.97. The number of aliphatic carboxylic acids is 1. The Bertz CT molecular complexity index is 769. The van der Waals surface area contributed by atoms with Crippen molar-refractivity contribution in [1.82, 2.24) is 0 Å². The van der Waals surface area contributed by atoms with E-state index in [1.807, 2.05) is 0 Å². The van der Waals surface area contributed by atoms with Crippen LogP contribution in [0.4, 0.5) is 0 Å². The van der Waals surface area contributed by atoms with E-state index in [-0.39, 0.29) is 13.0 Å². The molecular weight excluding hydrogens is 478 g/mol. The van der Waals surface area contributed by atoms with E-state index in [0.29, 0.717) is 0 Å². The van der Waals surface area contributed by atoms with Gasteiger partial charge in [-0.1, -0.05) is 0 Å². The number of rotatable bonds is 9. The van der Waals surface area contributed by atoms with E-state index in [4.69, 9.17) is 44.4 Å². The molecule has 200 valence electrons. The molecule has 1 aliphatic rings. The molecule has 0 aromatic rings. The highest BCUT2D eigenvalue weighted by Gasteiger charge is 2.53. The van der Waals surface area contributed by atoms with E-state index >= 15 is 0 Å². The van der Waals surface area contributed by atoms with Crippen LogP contribution in [0, 0.1) is 0 Å². The van der Waals surface area contributed by atoms with Crippen molar-refractivity contribution in [3.63, 3.8) is 0 Å². The maximum atomic E-state index is 11.5. The monoisotopic (exact) mass is 509 g/mol. The quantitative estimate of drug-likeness (QED) is 0.235. The molecular formula is C20H31NO14. The van der Waals surface area contributed by atoms with Gasteiger partial charge in [-0.3, -0.25) is 28.8 Å². The molecule has 0 aromatic carbocycles. The van der Waals surface area contributed by atoms with Gasteiger partial charge in [0.25, 0.3) is 0 Å². The van der Waals surface area contributed by atoms with Crippen LogP contribution in [-0.2, 0) is 57.2 Å². The smallest absolute Gasteiger partial charge is 0.320 e. The molecule has 4 N–H and O–H groups in total. The Hall–Kier alpha value is -3.30. The molecule has 6 atom stereocenters. The second-order valence-electron chi connectivity index (χ2n) is 7.13. The largest absolute Gasteiger partial charge is 0.480 e. The zero-order valence-corrected chi connectivity index (χ0v) is 20.0. The summed E-state index contributed by atoms with van der Waals surface area (Å²) in [7, 11) is 0. The first-order valence-electron chi connectivity index (χ1n) is 10.3. The summed E-state index contributed by atoms with van der Waals surface area (Å²) in [4.78, 5) is 66.9. The van der Waals surface area contributed by atoms with Gasteiger partial charge in [0.05, 0.1) is 0 Å². The Balaban J connectivity index is 0.00000124. The minimum atomic E-state index is -1.48. The van der Waals surface area contributed by atoms with Crippen LogP contribution in [0.2, 0.25) is 0 Å². The summed E-state index contributed by atoms with van der Waals surface area (Å²) < 4.78 is 30.8. The molecule has 15 nitrogen and oxygen atoms in total. The SMILES string of the molecule is CC(=O)OCC1OC(OC(C)=O)[C@@H](OC(C)=O)C(OC(C)=O)[C@H]1OC(C)=O.N[C@@H](CCO)C(=O)O. The van der Waals surface area contributed by atoms with Crippen LogP contribution >= 0.6 is 0 Å². The average Bonchev–Trinajstić information content (AvgIpc) is 2.70. The third-order valence-corrected chi connectivity index (χ3v) is 3.99. The normalized spacial score (nSPS) is 23.9. The van der Waals surface area contributed by atoms with E-state index in [1.54, 1.807) is 0 Å². The molecule has 0 saturated carbocycles. The summed E-state index contributed by atoms with van der Waals surface area (Å²) in [5, 5.41) is 16.2. The van der Waals surface area contributed by atoms with Gasteiger partial charge in [-0.05, 0) is 6.42 Å². The second kappa shape index (κ2) is 15.6. The zero-order valence-electron chi connectivity index (χ0n) is 20.0. The van der Waals surface area contributed by atoms with Crippen LogP contribution < -0.4 is 5.73 Å². The van der Waals surface area contributed by atoms with Gasteiger partial charge in [-0.15, -0.1) is 0 Å². The molecule has 0 aromatic heterocycles. The van der Waals surface area contributed by atoms with Gasteiger partial charge < -0.3 is 44.4 Å². The lowest BCUT2D eigenvalue weighted by molar-refractivity contribution is -0.300. The van der Waals surface area contributed by atoms with Gasteiger partial charge in [0.15, 0.2) is 12.2 Å². The van der Waals surface area contributed by atoms with E-state index in [2.05, 4.69) is 0 Å². The lowest BCUT2D eigenvalue weighted by atomic mass is 9.98. The van der Waals surface area contributed by atoms with Gasteiger partial charge in [0.2, 0.25) is 12.4 Å². The number of hydrogen-bond donors (Lipinski definition) is 3. The number of nitrogens with two attached hydrogens (primary N) is 1. The molecule has 1 rings (SSSR count). The van der Waals surface area contributed by atoms with Gasteiger partial charge in [-0.25, -0.2) is 0 Å². The van der Waals surface area contributed by atoms with Crippen LogP contribution in [0.5, 0.6) is 0 Å². The Labute approximate surface area is 200 Å². The van der Waals surface area contributed by atoms with Crippen molar-refractivity contribution < 1.29 is 67.4 Å². The maximum Gasteiger partial charge on any atom is 0.320 e. The highest BCUT2D eigenvalue weighted by Crippen LogP contribution is 2.30. The van der Waals surface area contributed by atoms with Crippen LogP contribution in [0.15, 0.2) is 0 Å². The number of hydrogen-bond acceptors (Lipinski definition) is 14. The number of carbonyl (C=O) groups is 6. The lowest BCUT2D eigenvalue weighted by Crippen LogP contribution is -2.63. The van der Waals surface area contributed by atoms with Crippen molar-refractivity contribution in [2.75, 3.05) is 13.2 Å². The summed E-state index contributed by atoms with van der Waals surface area (Å²) >= 11 is 0. The van der Waals surface area contributed by atoms with Gasteiger partial charge in [0, 0.05) is 41.2 Å². The zero-order chi connectivity index (χ0) is 27.3. The molecule has 1 heterocycles. The highest BCUT2D eigenvalue weighted by atomic mass is 16.7. The Morgan fingerprint density at radius 1 is 0.771 bits per heavy atom. The van der Waals surface area contributed by atoms with Gasteiger partial charge in [0.1, 0.15) is 18.8 Å². The van der Waals surface area contributed by atoms with E-state index < -0.39 is 79.2 Å². The van der Waals surface area contributed by atoms with Crippen molar-refractivity contribution in [3.8, 4) is 0 Å². The molecule has 0 aliphatic carbocycles. The standard InChI is InChI=1S/C16H22O11.C4H9NO3/c1-7(17)22-6-12-13(23-8(2)18)14(24-9(3)19)15(25-10(4)20)16(27-12)26-11(5)21;5-3(1-2-6)4(7)8/h12-16H,6H2,1-5H3;3,6H,1-2,5H2,(H,7,8)/t12?,13-,14?,15-,16?;3-/m00/s1. The number of aliphatic hydroxyl groups excluding tert-OH is 1. The summed E-state index contributed by atoms with van der Waals surface area (Å²) in [6.45, 7) is 4.96. The first-order valence-corrected chi connectivity index (χ1v) is 10.3. The molecule has 1 fully saturated rings. The number of esters is 5. The summed E-state index contributed by atoms with van der Waals surface area (Å²) in [6, 6.07) is -0.917. The molecule has 15 heteroatoms. The van der Waals surface area contributed by atoms with E-state index in [9.17, 15) is 28.8 Å². The molecule has 35 heavy (non-hydrogen) atoms. The van der Waals surface area contributed by atoms with E-state index in [1.165, 1.54) is 0 Å². The van der Waals surface area contributed by atoms with Crippen molar-refractivity contribution in [3.05, 3.63) is 0 Å². The lowest BCUT2D eigenvalue weighted by Gasteiger charge is -2.43. The van der Waals surface area contributed by atoms with Crippen LogP contribution in [0.25, 0.3) is 0 Å². The van der Waals surface area contributed by atoms with Crippen LogP contribution in [0.1, 0.15) is 41.0 Å². The minimum Gasteiger partial charge on any atom is -0.480 e. The molecule has 0 amide bonds. The third kappa shape index (κ3) is 12.7. The molecule has 0 radical (unpaired) electrons. The molecule has 3 unspecified atom stereocenters. The number of aliphatic hydroxyl groups is 1. The first-order chi connectivity index (χ1) is 16.2. The Kier molecular flexibility index (Phi) is 14.1. The Morgan fingerprint density at radius 2 is 1.23 bits per heavy atom. The van der Waals surface area contributed by atoms with Crippen molar-refractivity contribution in [1.29, 1.82) is 0 Å². The van der Waals surface area contributed by atoms with Crippen LogP contribution in [0.3, 0.4) is 0 Å². The van der Waals surface area contributed by atoms with Crippen LogP contribution in [-0.4, -0.2) is 96.0 Å². The number of ether oxygens (including phenoxy) is 6. The van der Waals surface area contributed by atoms with E-state index in [0.717, 1.165) is 34.6 Å². The van der Waals surface area contributed by atoms with Crippen molar-refractivity contribution >= 4 is 35.8 Å². The fraction of sp³-hybridized carbons (Fsp3) is 0.700. The van der Waals surface area contributed by atoms with Gasteiger partial charge in [-0.2, -0.15) is 0 Å². The number of carbonyl (C=O) groups excluding carboxylic acids is 5. The number of carboxylic acid groups (broad SMARTS) is 1. The molecule has 1 saturated heterocycles. The van der Waals surface area contributed by atoms with Crippen molar-refractivity contribution in [2.45, 2.75) is 77.8 Å². The average molecular weight is 509 g/mol. The molecule has 0 bridgehead atoms. The predicted molar refractivity (Wildman–Crippen MR) is 111 cm³/mol. The minimum absolute atomic E-state index is 0.120. The molecule has 1 aliphatic heterocycles. The third-order valence-electron chi connectivity index (χ3n) is 3.99. The van der Waals surface area contributed by atoms with Gasteiger partial charge >= 0.3 is 35.8 Å². The summed E-state index contributed by atoms with van der Waals surface area (Å²) in [5.74, 6) is -4.78. The second-order valence-corrected chi connectivity index (χ2v) is 7.13. The first kappa shape index (κ1) is 31.7. The fourth-order valence-electron chi connectivity index (χ4n) is 2.71. The number of carboxylic acids is 1. The topological polar surface area (TPSA) is 224 Å². The summed E-state index contributed by atoms with van der Waals surface area (Å²) in [6.07, 6.45) is -6.58. The van der Waals surface area contributed by atoms with Crippen molar-refractivity contribution in [2.24, 2.45) is 5.73 Å². The fourth-order valence-corrected chi connectivity index (χ4v) is 2.71. The predicted octanol–water partition coefficient (Wildman–Crippen LogP) is -1.59. The molecule has 0 spiro atoms.